The quantitative estimate of drug-likeness (QED) is 0.839. The second-order valence-corrected chi connectivity index (χ2v) is 5.91. The van der Waals surface area contributed by atoms with Crippen LogP contribution >= 0.6 is 0 Å². The molecule has 1 aromatic heterocycles. The predicted octanol–water partition coefficient (Wildman–Crippen LogP) is 1.47. The number of hydrogen-bond donors (Lipinski definition) is 2. The van der Waals surface area contributed by atoms with Crippen molar-refractivity contribution in [3.05, 3.63) is 42.2 Å². The molecule has 112 valence electrons. The van der Waals surface area contributed by atoms with Crippen molar-refractivity contribution in [2.45, 2.75) is 11.5 Å². The molecule has 2 rings (SSSR count). The Morgan fingerprint density at radius 3 is 2.57 bits per heavy atom. The first kappa shape index (κ1) is 15.2. The SMILES string of the molecule is CNc1ncc(S(=O)(=O)Nc2cccc(COC)c2)cn1. The summed E-state index contributed by atoms with van der Waals surface area (Å²) in [6.45, 7) is 0.412. The Morgan fingerprint density at radius 2 is 1.95 bits per heavy atom. The van der Waals surface area contributed by atoms with Crippen LogP contribution in [0, 0.1) is 0 Å². The molecule has 0 aliphatic heterocycles. The topological polar surface area (TPSA) is 93.2 Å². The fourth-order valence-electron chi connectivity index (χ4n) is 1.69. The maximum absolute atomic E-state index is 12.2. The summed E-state index contributed by atoms with van der Waals surface area (Å²) in [5, 5.41) is 2.73. The smallest absolute Gasteiger partial charge is 0.264 e. The summed E-state index contributed by atoms with van der Waals surface area (Å²) in [5.41, 5.74) is 1.33. The largest absolute Gasteiger partial charge is 0.380 e. The molecule has 0 bridgehead atoms. The Balaban J connectivity index is 2.21. The molecule has 0 saturated heterocycles. The molecule has 2 aromatic rings. The van der Waals surface area contributed by atoms with Crippen LogP contribution < -0.4 is 10.0 Å². The van der Waals surface area contributed by atoms with Gasteiger partial charge in [0.1, 0.15) is 4.90 Å². The van der Waals surface area contributed by atoms with Crippen LogP contribution in [0.2, 0.25) is 0 Å². The minimum absolute atomic E-state index is 0.00126. The average molecular weight is 308 g/mol. The predicted molar refractivity (Wildman–Crippen MR) is 79.5 cm³/mol. The number of hydrogen-bond acceptors (Lipinski definition) is 6. The number of benzene rings is 1. The number of aromatic nitrogens is 2. The van der Waals surface area contributed by atoms with Gasteiger partial charge in [-0.2, -0.15) is 0 Å². The molecule has 7 nitrogen and oxygen atoms in total. The highest BCUT2D eigenvalue weighted by Gasteiger charge is 2.15. The Bertz CT molecular complexity index is 702. The summed E-state index contributed by atoms with van der Waals surface area (Å²) < 4.78 is 32.0. The van der Waals surface area contributed by atoms with Gasteiger partial charge in [-0.05, 0) is 17.7 Å². The van der Waals surface area contributed by atoms with Gasteiger partial charge in [0.2, 0.25) is 5.95 Å². The molecular formula is C13H16N4O3S. The molecule has 0 amide bonds. The zero-order valence-electron chi connectivity index (χ0n) is 11.7. The normalized spacial score (nSPS) is 11.1. The summed E-state index contributed by atoms with van der Waals surface area (Å²) in [4.78, 5) is 7.78. The van der Waals surface area contributed by atoms with Crippen molar-refractivity contribution in [3.8, 4) is 0 Å². The van der Waals surface area contributed by atoms with Crippen LogP contribution in [0.1, 0.15) is 5.56 Å². The molecule has 0 fully saturated rings. The monoisotopic (exact) mass is 308 g/mol. The molecule has 1 aromatic carbocycles. The minimum atomic E-state index is -3.71. The zero-order valence-corrected chi connectivity index (χ0v) is 12.5. The molecule has 2 N–H and O–H groups in total. The molecule has 0 atom stereocenters. The highest BCUT2D eigenvalue weighted by atomic mass is 32.2. The van der Waals surface area contributed by atoms with Crippen LogP contribution in [0.4, 0.5) is 11.6 Å². The minimum Gasteiger partial charge on any atom is -0.380 e. The van der Waals surface area contributed by atoms with E-state index in [4.69, 9.17) is 4.74 Å². The summed E-state index contributed by atoms with van der Waals surface area (Å²) in [6, 6.07) is 6.99. The van der Waals surface area contributed by atoms with Crippen molar-refractivity contribution in [3.63, 3.8) is 0 Å². The molecular weight excluding hydrogens is 292 g/mol. The number of nitrogens with one attached hydrogen (secondary N) is 2. The van der Waals surface area contributed by atoms with Crippen LogP contribution in [0.3, 0.4) is 0 Å². The molecule has 0 aliphatic carbocycles. The van der Waals surface area contributed by atoms with E-state index in [9.17, 15) is 8.42 Å². The lowest BCUT2D eigenvalue weighted by Gasteiger charge is -2.09. The molecule has 0 radical (unpaired) electrons. The van der Waals surface area contributed by atoms with E-state index in [2.05, 4.69) is 20.0 Å². The number of sulfonamides is 1. The first-order chi connectivity index (χ1) is 10.0. The van der Waals surface area contributed by atoms with E-state index < -0.39 is 10.0 Å². The lowest BCUT2D eigenvalue weighted by molar-refractivity contribution is 0.185. The van der Waals surface area contributed by atoms with E-state index in [-0.39, 0.29) is 4.90 Å². The Morgan fingerprint density at radius 1 is 1.24 bits per heavy atom. The molecule has 8 heteroatoms. The molecule has 0 aliphatic rings. The molecule has 1 heterocycles. The van der Waals surface area contributed by atoms with Crippen molar-refractivity contribution >= 4 is 21.7 Å². The molecule has 21 heavy (non-hydrogen) atoms. The first-order valence-corrected chi connectivity index (χ1v) is 7.64. The van der Waals surface area contributed by atoms with Gasteiger partial charge in [-0.15, -0.1) is 0 Å². The Hall–Kier alpha value is -2.19. The van der Waals surface area contributed by atoms with E-state index in [1.807, 2.05) is 6.07 Å². The van der Waals surface area contributed by atoms with Crippen molar-refractivity contribution in [1.29, 1.82) is 0 Å². The van der Waals surface area contributed by atoms with Gasteiger partial charge in [-0.3, -0.25) is 4.72 Å². The van der Waals surface area contributed by atoms with E-state index in [1.165, 1.54) is 12.4 Å². The van der Waals surface area contributed by atoms with Crippen molar-refractivity contribution < 1.29 is 13.2 Å². The van der Waals surface area contributed by atoms with Crippen LogP contribution in [0.25, 0.3) is 0 Å². The van der Waals surface area contributed by atoms with Crippen molar-refractivity contribution in [1.82, 2.24) is 9.97 Å². The fraction of sp³-hybridized carbons (Fsp3) is 0.231. The maximum Gasteiger partial charge on any atom is 0.264 e. The van der Waals surface area contributed by atoms with Gasteiger partial charge in [0, 0.05) is 19.8 Å². The van der Waals surface area contributed by atoms with E-state index in [1.54, 1.807) is 32.4 Å². The van der Waals surface area contributed by atoms with Gasteiger partial charge in [-0.1, -0.05) is 12.1 Å². The van der Waals surface area contributed by atoms with Crippen LogP contribution in [0.5, 0.6) is 0 Å². The van der Waals surface area contributed by atoms with Crippen molar-refractivity contribution in [2.24, 2.45) is 0 Å². The van der Waals surface area contributed by atoms with E-state index in [0.717, 1.165) is 5.56 Å². The van der Waals surface area contributed by atoms with Crippen LogP contribution in [-0.4, -0.2) is 32.5 Å². The fourth-order valence-corrected chi connectivity index (χ4v) is 2.63. The van der Waals surface area contributed by atoms with Crippen LogP contribution in [0.15, 0.2) is 41.6 Å². The number of anilines is 2. The summed E-state index contributed by atoms with van der Waals surface area (Å²) >= 11 is 0. The zero-order chi connectivity index (χ0) is 15.3. The summed E-state index contributed by atoms with van der Waals surface area (Å²) in [7, 11) is -0.477. The van der Waals surface area contributed by atoms with Crippen molar-refractivity contribution in [2.75, 3.05) is 24.2 Å². The average Bonchev–Trinajstić information content (AvgIpc) is 2.47. The second kappa shape index (κ2) is 6.51. The Kier molecular flexibility index (Phi) is 4.71. The number of ether oxygens (including phenoxy) is 1. The third-order valence-corrected chi connectivity index (χ3v) is 3.99. The summed E-state index contributed by atoms with van der Waals surface area (Å²) in [5.74, 6) is 0.357. The summed E-state index contributed by atoms with van der Waals surface area (Å²) in [6.07, 6.45) is 2.50. The lowest BCUT2D eigenvalue weighted by atomic mass is 10.2. The van der Waals surface area contributed by atoms with E-state index >= 15 is 0 Å². The second-order valence-electron chi connectivity index (χ2n) is 4.23. The highest BCUT2D eigenvalue weighted by molar-refractivity contribution is 7.92. The van der Waals surface area contributed by atoms with Crippen LogP contribution in [-0.2, 0) is 21.4 Å². The Labute approximate surface area is 123 Å². The van der Waals surface area contributed by atoms with Gasteiger partial charge >= 0.3 is 0 Å². The molecule has 0 unspecified atom stereocenters. The number of methoxy groups -OCH3 is 1. The molecule has 0 spiro atoms. The van der Waals surface area contributed by atoms with Gasteiger partial charge in [0.05, 0.1) is 19.0 Å². The van der Waals surface area contributed by atoms with Gasteiger partial charge in [0.15, 0.2) is 0 Å². The molecule has 0 saturated carbocycles. The maximum atomic E-state index is 12.2. The van der Waals surface area contributed by atoms with Gasteiger partial charge < -0.3 is 10.1 Å². The number of nitrogens with zero attached hydrogens (tertiary/aromatic N) is 2. The lowest BCUT2D eigenvalue weighted by Crippen LogP contribution is -2.14. The third kappa shape index (κ3) is 3.89. The van der Waals surface area contributed by atoms with Gasteiger partial charge in [0.25, 0.3) is 10.0 Å². The number of rotatable bonds is 6. The van der Waals surface area contributed by atoms with Gasteiger partial charge in [-0.25, -0.2) is 18.4 Å². The third-order valence-electron chi connectivity index (χ3n) is 2.65. The standard InChI is InChI=1S/C13H16N4O3S/c1-14-13-15-7-12(8-16-13)21(18,19)17-11-5-3-4-10(6-11)9-20-2/h3-8,17H,9H2,1-2H3,(H,14,15,16). The first-order valence-electron chi connectivity index (χ1n) is 6.15. The van der Waals surface area contributed by atoms with E-state index in [0.29, 0.717) is 18.2 Å². The highest BCUT2D eigenvalue weighted by Crippen LogP contribution is 2.17.